The zero-order chi connectivity index (χ0) is 15.6. The number of ether oxygens (including phenoxy) is 1. The molecule has 116 valence electrons. The van der Waals surface area contributed by atoms with Gasteiger partial charge in [0.1, 0.15) is 24.5 Å². The smallest absolute Gasteiger partial charge is 0.379 e. The maximum atomic E-state index is 13.5. The molecule has 2 atom stereocenters. The summed E-state index contributed by atoms with van der Waals surface area (Å²) >= 11 is 1.11. The largest absolute Gasteiger partial charge is 0.437 e. The second-order valence-corrected chi connectivity index (χ2v) is 6.55. The lowest BCUT2D eigenvalue weighted by atomic mass is 9.80. The number of halogens is 2. The molecule has 0 aromatic heterocycles. The van der Waals surface area contributed by atoms with Gasteiger partial charge in [-0.15, -0.1) is 0 Å². The normalized spacial score (nSPS) is 25.2. The van der Waals surface area contributed by atoms with Gasteiger partial charge in [-0.25, -0.2) is 8.78 Å². The van der Waals surface area contributed by atoms with Crippen LogP contribution in [-0.4, -0.2) is 41.3 Å². The van der Waals surface area contributed by atoms with Gasteiger partial charge in [-0.3, -0.25) is 4.81 Å². The number of thioether (sulfide) groups is 1. The quantitative estimate of drug-likeness (QED) is 0.668. The number of alkyl halides is 2. The summed E-state index contributed by atoms with van der Waals surface area (Å²) in [6.45, 7) is 4.63. The van der Waals surface area contributed by atoms with Crippen molar-refractivity contribution in [2.75, 3.05) is 12.7 Å². The Morgan fingerprint density at radius 1 is 1.33 bits per heavy atom. The highest BCUT2D eigenvalue weighted by molar-refractivity contribution is 7.99. The minimum Gasteiger partial charge on any atom is -0.437 e. The first kappa shape index (κ1) is 16.7. The minimum atomic E-state index is -0.799. The second kappa shape index (κ2) is 6.65. The monoisotopic (exact) mass is 315 g/mol. The van der Waals surface area contributed by atoms with Crippen molar-refractivity contribution in [1.29, 1.82) is 0 Å². The Morgan fingerprint density at radius 2 is 1.95 bits per heavy atom. The summed E-state index contributed by atoms with van der Waals surface area (Å²) in [5.74, 6) is 0. The average Bonchev–Trinajstić information content (AvgIpc) is 2.71. The molecular formula is C14H20BF2NO2S. The first-order valence-electron chi connectivity index (χ1n) is 6.89. The zero-order valence-electron chi connectivity index (χ0n) is 12.4. The lowest BCUT2D eigenvalue weighted by Crippen LogP contribution is -2.52. The van der Waals surface area contributed by atoms with Gasteiger partial charge >= 0.3 is 7.05 Å². The predicted molar refractivity (Wildman–Crippen MR) is 81.6 cm³/mol. The Hall–Kier alpha value is -0.625. The van der Waals surface area contributed by atoms with Crippen molar-refractivity contribution in [2.24, 2.45) is 0 Å². The van der Waals surface area contributed by atoms with Gasteiger partial charge in [0.15, 0.2) is 0 Å². The third-order valence-corrected chi connectivity index (χ3v) is 4.45. The minimum absolute atomic E-state index is 0.455. The van der Waals surface area contributed by atoms with E-state index < -0.39 is 37.6 Å². The Morgan fingerprint density at radius 3 is 2.43 bits per heavy atom. The molecule has 1 N–H and O–H groups in total. The molecule has 7 heteroatoms. The highest BCUT2D eigenvalue weighted by Crippen LogP contribution is 2.41. The molecule has 1 fully saturated rings. The molecule has 21 heavy (non-hydrogen) atoms. The van der Waals surface area contributed by atoms with Crippen LogP contribution in [0.1, 0.15) is 25.5 Å². The number of nitrogens with zero attached hydrogens (tertiary/aromatic N) is 1. The molecule has 0 bridgehead atoms. The van der Waals surface area contributed by atoms with Gasteiger partial charge in [-0.2, -0.15) is 0 Å². The Labute approximate surface area is 128 Å². The lowest BCUT2D eigenvalue weighted by Gasteiger charge is -2.33. The summed E-state index contributed by atoms with van der Waals surface area (Å²) in [5, 5.41) is 9.90. The fourth-order valence-electron chi connectivity index (χ4n) is 2.98. The van der Waals surface area contributed by atoms with E-state index in [0.717, 1.165) is 22.2 Å². The SMILES string of the molecule is CB(O)N1[C@H](CF)[C@@H](c2ccc(SCF)cc2)OC1(C)C. The van der Waals surface area contributed by atoms with Crippen molar-refractivity contribution in [3.8, 4) is 0 Å². The molecule has 1 saturated heterocycles. The highest BCUT2D eigenvalue weighted by Gasteiger charge is 2.50. The summed E-state index contributed by atoms with van der Waals surface area (Å²) in [4.78, 5) is 2.46. The molecule has 1 aliphatic rings. The summed E-state index contributed by atoms with van der Waals surface area (Å²) < 4.78 is 31.8. The van der Waals surface area contributed by atoms with Gasteiger partial charge in [0, 0.05) is 4.90 Å². The van der Waals surface area contributed by atoms with E-state index in [1.54, 1.807) is 23.8 Å². The maximum Gasteiger partial charge on any atom is 0.379 e. The number of hydrogen-bond donors (Lipinski definition) is 1. The van der Waals surface area contributed by atoms with E-state index in [1.807, 2.05) is 26.0 Å². The molecule has 0 unspecified atom stereocenters. The Balaban J connectivity index is 2.26. The summed E-state index contributed by atoms with van der Waals surface area (Å²) in [7, 11) is -0.799. The van der Waals surface area contributed by atoms with Gasteiger partial charge in [-0.05, 0) is 38.4 Å². The maximum absolute atomic E-state index is 13.5. The first-order chi connectivity index (χ1) is 9.90. The van der Waals surface area contributed by atoms with Crippen molar-refractivity contribution < 1.29 is 18.5 Å². The molecule has 0 radical (unpaired) electrons. The number of hydrogen-bond acceptors (Lipinski definition) is 4. The van der Waals surface area contributed by atoms with E-state index >= 15 is 0 Å². The Kier molecular flexibility index (Phi) is 5.30. The van der Waals surface area contributed by atoms with E-state index in [0.29, 0.717) is 0 Å². The van der Waals surface area contributed by atoms with E-state index in [2.05, 4.69) is 0 Å². The second-order valence-electron chi connectivity index (χ2n) is 5.57. The van der Waals surface area contributed by atoms with E-state index in [4.69, 9.17) is 4.74 Å². The Bertz CT molecular complexity index is 473. The third-order valence-electron chi connectivity index (χ3n) is 3.73. The summed E-state index contributed by atoms with van der Waals surface area (Å²) in [5.41, 5.74) is 0.0826. The van der Waals surface area contributed by atoms with Crippen LogP contribution < -0.4 is 0 Å². The van der Waals surface area contributed by atoms with Gasteiger partial charge in [0.05, 0.1) is 6.04 Å². The zero-order valence-corrected chi connectivity index (χ0v) is 13.2. The molecule has 0 spiro atoms. The van der Waals surface area contributed by atoms with Crippen LogP contribution >= 0.6 is 11.8 Å². The first-order valence-corrected chi connectivity index (χ1v) is 7.88. The number of benzene rings is 1. The molecule has 1 heterocycles. The van der Waals surface area contributed by atoms with E-state index in [-0.39, 0.29) is 0 Å². The molecule has 2 rings (SSSR count). The van der Waals surface area contributed by atoms with Gasteiger partial charge in [0.2, 0.25) is 0 Å². The average molecular weight is 315 g/mol. The fourth-order valence-corrected chi connectivity index (χ4v) is 3.44. The van der Waals surface area contributed by atoms with Gasteiger partial charge < -0.3 is 9.76 Å². The number of rotatable bonds is 5. The van der Waals surface area contributed by atoms with Crippen molar-refractivity contribution in [3.05, 3.63) is 29.8 Å². The van der Waals surface area contributed by atoms with Crippen LogP contribution in [0.4, 0.5) is 8.78 Å². The molecule has 1 aromatic rings. The summed E-state index contributed by atoms with van der Waals surface area (Å²) in [6, 6.07) is 6.24. The van der Waals surface area contributed by atoms with Crippen LogP contribution in [0.3, 0.4) is 0 Å². The van der Waals surface area contributed by atoms with Crippen molar-refractivity contribution in [3.63, 3.8) is 0 Å². The van der Waals surface area contributed by atoms with Gasteiger partial charge in [0.25, 0.3) is 0 Å². The van der Waals surface area contributed by atoms with Crippen LogP contribution in [-0.2, 0) is 4.74 Å². The van der Waals surface area contributed by atoms with Crippen molar-refractivity contribution in [2.45, 2.75) is 43.4 Å². The van der Waals surface area contributed by atoms with Crippen molar-refractivity contribution >= 4 is 18.8 Å². The standard InChI is InChI=1S/C14H20BF2NO2S/c1-14(2)18(15(3)19)12(8-16)13(20-14)10-4-6-11(7-5-10)21-9-17/h4-7,12-13,19H,8-9H2,1-3H3/t12-,13-/m1/s1. The van der Waals surface area contributed by atoms with Crippen LogP contribution in [0.25, 0.3) is 0 Å². The lowest BCUT2D eigenvalue weighted by molar-refractivity contribution is -0.0557. The van der Waals surface area contributed by atoms with Crippen LogP contribution in [0.15, 0.2) is 29.2 Å². The van der Waals surface area contributed by atoms with E-state index in [1.165, 1.54) is 0 Å². The van der Waals surface area contributed by atoms with E-state index in [9.17, 15) is 13.8 Å². The van der Waals surface area contributed by atoms with Crippen LogP contribution in [0, 0.1) is 0 Å². The highest BCUT2D eigenvalue weighted by atomic mass is 32.2. The predicted octanol–water partition coefficient (Wildman–Crippen LogP) is 3.26. The molecule has 0 aliphatic carbocycles. The van der Waals surface area contributed by atoms with Gasteiger partial charge in [-0.1, -0.05) is 23.9 Å². The van der Waals surface area contributed by atoms with Crippen molar-refractivity contribution in [1.82, 2.24) is 4.81 Å². The molecule has 1 aliphatic heterocycles. The third kappa shape index (κ3) is 3.42. The van der Waals surface area contributed by atoms with Crippen LogP contribution in [0.5, 0.6) is 0 Å². The molecule has 1 aromatic carbocycles. The molecular weight excluding hydrogens is 295 g/mol. The summed E-state index contributed by atoms with van der Waals surface area (Å²) in [6.07, 6.45) is -0.455. The fraction of sp³-hybridized carbons (Fsp3) is 0.571. The topological polar surface area (TPSA) is 32.7 Å². The molecule has 0 amide bonds. The molecule has 3 nitrogen and oxygen atoms in total. The molecule has 0 saturated carbocycles. The van der Waals surface area contributed by atoms with Crippen LogP contribution in [0.2, 0.25) is 6.82 Å².